The number of ether oxygens (including phenoxy) is 2. The SMILES string of the molecule is CCOC1Cc2cc(Br)ccc2[C@H]1N1CCN(C2(C)CCN(C(=O)OC(C)(C)C)CC2)CC1C. The summed E-state index contributed by atoms with van der Waals surface area (Å²) in [5, 5.41) is 0. The van der Waals surface area contributed by atoms with E-state index in [1.54, 1.807) is 0 Å². The van der Waals surface area contributed by atoms with E-state index < -0.39 is 5.60 Å². The van der Waals surface area contributed by atoms with Crippen LogP contribution in [0.1, 0.15) is 71.6 Å². The maximum Gasteiger partial charge on any atom is 0.410 e. The summed E-state index contributed by atoms with van der Waals surface area (Å²) < 4.78 is 13.0. The molecule has 190 valence electrons. The molecule has 2 saturated heterocycles. The average Bonchev–Trinajstić information content (AvgIpc) is 3.10. The number of piperidine rings is 1. The molecule has 0 aromatic heterocycles. The molecule has 4 rings (SSSR count). The molecule has 3 atom stereocenters. The van der Waals surface area contributed by atoms with E-state index in [0.29, 0.717) is 12.1 Å². The Hall–Kier alpha value is -1.15. The molecule has 3 aliphatic rings. The van der Waals surface area contributed by atoms with Gasteiger partial charge in [0.15, 0.2) is 0 Å². The van der Waals surface area contributed by atoms with Gasteiger partial charge in [-0.15, -0.1) is 0 Å². The van der Waals surface area contributed by atoms with Crippen molar-refractivity contribution in [1.82, 2.24) is 14.7 Å². The lowest BCUT2D eigenvalue weighted by Crippen LogP contribution is -2.63. The molecular weight excluding hydrogens is 494 g/mol. The van der Waals surface area contributed by atoms with Gasteiger partial charge in [0, 0.05) is 61.8 Å². The van der Waals surface area contributed by atoms with Gasteiger partial charge in [0.1, 0.15) is 5.60 Å². The predicted molar refractivity (Wildman–Crippen MR) is 139 cm³/mol. The number of rotatable bonds is 4. The first-order valence-corrected chi connectivity index (χ1v) is 13.7. The molecule has 1 aromatic carbocycles. The molecule has 2 fully saturated rings. The third-order valence-corrected chi connectivity index (χ3v) is 8.36. The second-order valence-electron chi connectivity index (χ2n) is 11.5. The van der Waals surface area contributed by atoms with Gasteiger partial charge in [-0.3, -0.25) is 9.80 Å². The molecule has 0 spiro atoms. The summed E-state index contributed by atoms with van der Waals surface area (Å²) >= 11 is 3.64. The van der Waals surface area contributed by atoms with Crippen molar-refractivity contribution in [3.63, 3.8) is 0 Å². The Morgan fingerprint density at radius 3 is 2.50 bits per heavy atom. The highest BCUT2D eigenvalue weighted by Gasteiger charge is 2.44. The summed E-state index contributed by atoms with van der Waals surface area (Å²) in [6.45, 7) is 18.0. The van der Waals surface area contributed by atoms with Crippen molar-refractivity contribution in [2.75, 3.05) is 39.3 Å². The normalized spacial score (nSPS) is 28.1. The zero-order chi connectivity index (χ0) is 24.7. The van der Waals surface area contributed by atoms with Crippen LogP contribution in [0.2, 0.25) is 0 Å². The number of benzene rings is 1. The minimum atomic E-state index is -0.447. The van der Waals surface area contributed by atoms with Crippen molar-refractivity contribution in [3.05, 3.63) is 33.8 Å². The van der Waals surface area contributed by atoms with Crippen LogP contribution in [-0.4, -0.2) is 83.4 Å². The van der Waals surface area contributed by atoms with Crippen molar-refractivity contribution < 1.29 is 14.3 Å². The topological polar surface area (TPSA) is 45.2 Å². The molecule has 1 amide bonds. The summed E-state index contributed by atoms with van der Waals surface area (Å²) in [5.74, 6) is 0. The van der Waals surface area contributed by atoms with Crippen molar-refractivity contribution in [2.24, 2.45) is 0 Å². The highest BCUT2D eigenvalue weighted by atomic mass is 79.9. The quantitative estimate of drug-likeness (QED) is 0.526. The highest BCUT2D eigenvalue weighted by Crippen LogP contribution is 2.41. The molecular formula is C27H42BrN3O3. The van der Waals surface area contributed by atoms with Crippen molar-refractivity contribution >= 4 is 22.0 Å². The summed E-state index contributed by atoms with van der Waals surface area (Å²) in [4.78, 5) is 19.7. The lowest BCUT2D eigenvalue weighted by Gasteiger charge is -2.53. The fourth-order valence-corrected chi connectivity index (χ4v) is 6.42. The van der Waals surface area contributed by atoms with Gasteiger partial charge in [-0.1, -0.05) is 22.0 Å². The summed E-state index contributed by atoms with van der Waals surface area (Å²) in [6, 6.07) is 7.48. The Morgan fingerprint density at radius 1 is 1.18 bits per heavy atom. The van der Waals surface area contributed by atoms with E-state index >= 15 is 0 Å². The third-order valence-electron chi connectivity index (χ3n) is 7.87. The van der Waals surface area contributed by atoms with Crippen LogP contribution in [0.15, 0.2) is 22.7 Å². The molecule has 6 nitrogen and oxygen atoms in total. The first-order chi connectivity index (χ1) is 16.0. The molecule has 0 saturated carbocycles. The maximum atomic E-state index is 12.5. The zero-order valence-electron chi connectivity index (χ0n) is 21.8. The van der Waals surface area contributed by atoms with Crippen molar-refractivity contribution in [2.45, 2.75) is 90.1 Å². The second-order valence-corrected chi connectivity index (χ2v) is 12.4. The van der Waals surface area contributed by atoms with Gasteiger partial charge >= 0.3 is 6.09 Å². The van der Waals surface area contributed by atoms with Crippen LogP contribution in [0.5, 0.6) is 0 Å². The Labute approximate surface area is 214 Å². The van der Waals surface area contributed by atoms with Gasteiger partial charge < -0.3 is 14.4 Å². The lowest BCUT2D eigenvalue weighted by atomic mass is 9.86. The number of carbonyl (C=O) groups excluding carboxylic acids is 1. The standard InChI is InChI=1S/C27H42BrN3O3/c1-7-33-23-17-20-16-21(28)8-9-22(20)24(23)31-15-14-30(18-19(31)2)27(6)10-12-29(13-11-27)25(32)34-26(3,4)5/h8-9,16,19,23-24H,7,10-15,17-18H2,1-6H3/t19?,23?,24-/m1/s1. The predicted octanol–water partition coefficient (Wildman–Crippen LogP) is 5.25. The number of nitrogens with zero attached hydrogens (tertiary/aromatic N) is 3. The maximum absolute atomic E-state index is 12.5. The van der Waals surface area contributed by atoms with Crippen LogP contribution in [0.25, 0.3) is 0 Å². The summed E-state index contributed by atoms with van der Waals surface area (Å²) in [7, 11) is 0. The molecule has 0 N–H and O–H groups in total. The number of halogens is 1. The third kappa shape index (κ3) is 5.48. The Kier molecular flexibility index (Phi) is 7.68. The molecule has 1 aromatic rings. The van der Waals surface area contributed by atoms with E-state index in [1.807, 2.05) is 25.7 Å². The van der Waals surface area contributed by atoms with Crippen LogP contribution in [0.4, 0.5) is 4.79 Å². The van der Waals surface area contributed by atoms with E-state index in [4.69, 9.17) is 9.47 Å². The van der Waals surface area contributed by atoms with Gasteiger partial charge in [-0.05, 0) is 77.6 Å². The minimum absolute atomic E-state index is 0.122. The van der Waals surface area contributed by atoms with Crippen molar-refractivity contribution in [3.8, 4) is 0 Å². The summed E-state index contributed by atoms with van der Waals surface area (Å²) in [5.41, 5.74) is 2.52. The van der Waals surface area contributed by atoms with Crippen LogP contribution in [-0.2, 0) is 15.9 Å². The number of fused-ring (bicyclic) bond motifs is 1. The number of amides is 1. The molecule has 2 unspecified atom stereocenters. The smallest absolute Gasteiger partial charge is 0.410 e. The number of hydrogen-bond donors (Lipinski definition) is 0. The Bertz CT molecular complexity index is 878. The van der Waals surface area contributed by atoms with Crippen LogP contribution >= 0.6 is 15.9 Å². The molecule has 7 heteroatoms. The zero-order valence-corrected chi connectivity index (χ0v) is 23.4. The van der Waals surface area contributed by atoms with Crippen LogP contribution in [0.3, 0.4) is 0 Å². The van der Waals surface area contributed by atoms with Crippen molar-refractivity contribution in [1.29, 1.82) is 0 Å². The molecule has 2 aliphatic heterocycles. The number of piperazine rings is 1. The number of hydrogen-bond acceptors (Lipinski definition) is 5. The molecule has 1 aliphatic carbocycles. The van der Waals surface area contributed by atoms with Gasteiger partial charge in [-0.2, -0.15) is 0 Å². The highest BCUT2D eigenvalue weighted by molar-refractivity contribution is 9.10. The van der Waals surface area contributed by atoms with E-state index in [9.17, 15) is 4.79 Å². The van der Waals surface area contributed by atoms with E-state index in [2.05, 4.69) is 64.7 Å². The van der Waals surface area contributed by atoms with E-state index in [1.165, 1.54) is 11.1 Å². The average molecular weight is 537 g/mol. The van der Waals surface area contributed by atoms with Gasteiger partial charge in [-0.25, -0.2) is 4.79 Å². The molecule has 34 heavy (non-hydrogen) atoms. The van der Waals surface area contributed by atoms with Gasteiger partial charge in [0.05, 0.1) is 12.1 Å². The fourth-order valence-electron chi connectivity index (χ4n) is 6.01. The Morgan fingerprint density at radius 2 is 1.88 bits per heavy atom. The largest absolute Gasteiger partial charge is 0.444 e. The van der Waals surface area contributed by atoms with Gasteiger partial charge in [0.2, 0.25) is 0 Å². The number of carbonyl (C=O) groups is 1. The Balaban J connectivity index is 1.40. The molecule has 2 heterocycles. The van der Waals surface area contributed by atoms with Crippen LogP contribution in [0, 0.1) is 0 Å². The monoisotopic (exact) mass is 535 g/mol. The van der Waals surface area contributed by atoms with Crippen LogP contribution < -0.4 is 0 Å². The van der Waals surface area contributed by atoms with Gasteiger partial charge in [0.25, 0.3) is 0 Å². The second kappa shape index (κ2) is 10.1. The number of likely N-dealkylation sites (tertiary alicyclic amines) is 1. The molecule has 0 bridgehead atoms. The van der Waals surface area contributed by atoms with E-state index in [-0.39, 0.29) is 17.7 Å². The lowest BCUT2D eigenvalue weighted by molar-refractivity contribution is -0.0652. The molecule has 0 radical (unpaired) electrons. The minimum Gasteiger partial charge on any atom is -0.444 e. The summed E-state index contributed by atoms with van der Waals surface area (Å²) in [6.07, 6.45) is 3.00. The first kappa shape index (κ1) is 25.9. The fraction of sp³-hybridized carbons (Fsp3) is 0.741. The first-order valence-electron chi connectivity index (χ1n) is 12.9. The van der Waals surface area contributed by atoms with E-state index in [0.717, 1.165) is 63.1 Å².